The van der Waals surface area contributed by atoms with Crippen molar-refractivity contribution in [3.8, 4) is 11.1 Å². The first kappa shape index (κ1) is 22.3. The number of nitrogens with one attached hydrogen (secondary N) is 1. The van der Waals surface area contributed by atoms with Crippen LogP contribution in [0.5, 0.6) is 0 Å². The Morgan fingerprint density at radius 3 is 2.34 bits per heavy atom. The molecule has 2 atom stereocenters. The molecule has 1 aliphatic rings. The smallest absolute Gasteiger partial charge is 0.407 e. The van der Waals surface area contributed by atoms with Crippen molar-refractivity contribution in [3.05, 3.63) is 88.2 Å². The largest absolute Gasteiger partial charge is 0.449 e. The molecule has 166 valence electrons. The molecule has 0 radical (unpaired) electrons. The van der Waals surface area contributed by atoms with E-state index in [0.29, 0.717) is 5.56 Å². The van der Waals surface area contributed by atoms with E-state index in [1.807, 2.05) is 24.3 Å². The van der Waals surface area contributed by atoms with Crippen LogP contribution >= 0.6 is 11.6 Å². The van der Waals surface area contributed by atoms with E-state index in [9.17, 15) is 15.0 Å². The van der Waals surface area contributed by atoms with Crippen molar-refractivity contribution in [2.24, 2.45) is 0 Å². The average molecular weight is 453 g/mol. The molecular formula is C25H25ClN2O4. The Balaban J connectivity index is 1.30. The Morgan fingerprint density at radius 2 is 1.72 bits per heavy atom. The number of fused-ring (bicyclic) bond motifs is 3. The van der Waals surface area contributed by atoms with Gasteiger partial charge in [0, 0.05) is 24.2 Å². The summed E-state index contributed by atoms with van der Waals surface area (Å²) in [4.78, 5) is 16.2. The molecule has 32 heavy (non-hydrogen) atoms. The molecular weight excluding hydrogens is 428 g/mol. The number of ether oxygens (including phenoxy) is 1. The van der Waals surface area contributed by atoms with Gasteiger partial charge in [0.2, 0.25) is 0 Å². The summed E-state index contributed by atoms with van der Waals surface area (Å²) in [5, 5.41) is 23.5. The predicted molar refractivity (Wildman–Crippen MR) is 123 cm³/mol. The van der Waals surface area contributed by atoms with E-state index in [2.05, 4.69) is 34.6 Å². The zero-order chi connectivity index (χ0) is 22.7. The first-order valence-electron chi connectivity index (χ1n) is 10.5. The van der Waals surface area contributed by atoms with Crippen LogP contribution in [0.4, 0.5) is 4.79 Å². The summed E-state index contributed by atoms with van der Waals surface area (Å²) < 4.78 is 5.48. The summed E-state index contributed by atoms with van der Waals surface area (Å²) in [5.41, 5.74) is 5.74. The van der Waals surface area contributed by atoms with E-state index in [1.165, 1.54) is 11.1 Å². The van der Waals surface area contributed by atoms with E-state index in [-0.39, 0.29) is 30.6 Å². The van der Waals surface area contributed by atoms with Gasteiger partial charge < -0.3 is 20.3 Å². The van der Waals surface area contributed by atoms with Gasteiger partial charge in [-0.3, -0.25) is 0 Å². The van der Waals surface area contributed by atoms with E-state index in [4.69, 9.17) is 16.3 Å². The van der Waals surface area contributed by atoms with Crippen molar-refractivity contribution in [2.75, 3.05) is 13.2 Å². The summed E-state index contributed by atoms with van der Waals surface area (Å²) in [6, 6.07) is 18.0. The van der Waals surface area contributed by atoms with Gasteiger partial charge in [0.15, 0.2) is 0 Å². The zero-order valence-electron chi connectivity index (χ0n) is 17.7. The highest BCUT2D eigenvalue weighted by Crippen LogP contribution is 2.44. The van der Waals surface area contributed by atoms with Gasteiger partial charge in [-0.1, -0.05) is 60.1 Å². The molecule has 0 spiro atoms. The first-order valence-corrected chi connectivity index (χ1v) is 10.9. The number of nitrogens with zero attached hydrogens (tertiary/aromatic N) is 1. The molecule has 0 saturated carbocycles. The molecule has 7 heteroatoms. The normalized spacial score (nSPS) is 14.4. The number of aryl methyl sites for hydroxylation is 1. The third-order valence-corrected chi connectivity index (χ3v) is 6.17. The lowest BCUT2D eigenvalue weighted by molar-refractivity contribution is 0.0132. The maximum absolute atomic E-state index is 12.2. The molecule has 0 aliphatic heterocycles. The molecule has 0 bridgehead atoms. The first-order chi connectivity index (χ1) is 15.5. The number of pyridine rings is 1. The Hall–Kier alpha value is -2.93. The number of amides is 1. The van der Waals surface area contributed by atoms with E-state index >= 15 is 0 Å². The standard InChI is InChI=1S/C25H25ClN2O4/c1-15-10-12-27-24(26)22(15)23(30)21(29)11-13-28-25(31)32-14-20-18-8-4-2-6-16(18)17-7-3-5-9-19(17)20/h2-10,12,20-21,23,29-30H,11,13-14H2,1H3,(H,28,31). The van der Waals surface area contributed by atoms with Gasteiger partial charge in [-0.15, -0.1) is 0 Å². The average Bonchev–Trinajstić information content (AvgIpc) is 3.11. The minimum atomic E-state index is -1.19. The maximum Gasteiger partial charge on any atom is 0.407 e. The van der Waals surface area contributed by atoms with Crippen molar-refractivity contribution < 1.29 is 19.7 Å². The molecule has 1 aliphatic carbocycles. The van der Waals surface area contributed by atoms with Crippen molar-refractivity contribution in [1.82, 2.24) is 10.3 Å². The molecule has 3 N–H and O–H groups in total. The molecule has 1 aromatic heterocycles. The summed E-state index contributed by atoms with van der Waals surface area (Å²) in [7, 11) is 0. The van der Waals surface area contributed by atoms with Crippen LogP contribution in [0.15, 0.2) is 60.8 Å². The highest BCUT2D eigenvalue weighted by Gasteiger charge is 2.29. The molecule has 2 unspecified atom stereocenters. The molecule has 0 saturated heterocycles. The van der Waals surface area contributed by atoms with Crippen LogP contribution in [0.25, 0.3) is 11.1 Å². The van der Waals surface area contributed by atoms with Crippen LogP contribution in [0.2, 0.25) is 5.15 Å². The van der Waals surface area contributed by atoms with Crippen LogP contribution < -0.4 is 5.32 Å². The molecule has 1 amide bonds. The van der Waals surface area contributed by atoms with Crippen molar-refractivity contribution in [3.63, 3.8) is 0 Å². The van der Waals surface area contributed by atoms with Crippen molar-refractivity contribution in [1.29, 1.82) is 0 Å². The van der Waals surface area contributed by atoms with E-state index in [1.54, 1.807) is 19.2 Å². The summed E-state index contributed by atoms with van der Waals surface area (Å²) in [6.45, 7) is 2.15. The quantitative estimate of drug-likeness (QED) is 0.463. The lowest BCUT2D eigenvalue weighted by Gasteiger charge is -2.20. The third kappa shape index (κ3) is 4.48. The van der Waals surface area contributed by atoms with Crippen LogP contribution in [-0.4, -0.2) is 40.5 Å². The van der Waals surface area contributed by atoms with Crippen molar-refractivity contribution >= 4 is 17.7 Å². The van der Waals surface area contributed by atoms with Gasteiger partial charge in [-0.05, 0) is 47.2 Å². The second-order valence-electron chi connectivity index (χ2n) is 7.89. The van der Waals surface area contributed by atoms with E-state index in [0.717, 1.165) is 16.7 Å². The number of alkyl carbamates (subject to hydrolysis) is 1. The van der Waals surface area contributed by atoms with Gasteiger partial charge in [0.1, 0.15) is 17.9 Å². The lowest BCUT2D eigenvalue weighted by Crippen LogP contribution is -2.31. The second-order valence-corrected chi connectivity index (χ2v) is 8.24. The highest BCUT2D eigenvalue weighted by atomic mass is 35.5. The van der Waals surface area contributed by atoms with Crippen LogP contribution in [0.1, 0.15) is 40.7 Å². The molecule has 2 aromatic carbocycles. The van der Waals surface area contributed by atoms with Gasteiger partial charge in [0.25, 0.3) is 0 Å². The number of aliphatic hydroxyl groups excluding tert-OH is 2. The predicted octanol–water partition coefficient (Wildman–Crippen LogP) is 4.37. The van der Waals surface area contributed by atoms with Gasteiger partial charge in [-0.25, -0.2) is 9.78 Å². The molecule has 6 nitrogen and oxygen atoms in total. The summed E-state index contributed by atoms with van der Waals surface area (Å²) in [5.74, 6) is -0.0174. The Kier molecular flexibility index (Phi) is 6.74. The number of hydrogen-bond donors (Lipinski definition) is 3. The number of carbonyl (C=O) groups excluding carboxylic acids is 1. The number of benzene rings is 2. The van der Waals surface area contributed by atoms with Crippen LogP contribution in [0.3, 0.4) is 0 Å². The molecule has 0 fully saturated rings. The minimum Gasteiger partial charge on any atom is -0.449 e. The number of aliphatic hydroxyl groups is 2. The Morgan fingerprint density at radius 1 is 1.09 bits per heavy atom. The van der Waals surface area contributed by atoms with Gasteiger partial charge in [-0.2, -0.15) is 0 Å². The summed E-state index contributed by atoms with van der Waals surface area (Å²) in [6.07, 6.45) is -1.19. The Labute approximate surface area is 191 Å². The monoisotopic (exact) mass is 452 g/mol. The second kappa shape index (κ2) is 9.69. The van der Waals surface area contributed by atoms with Crippen LogP contribution in [0, 0.1) is 6.92 Å². The lowest BCUT2D eigenvalue weighted by atomic mass is 9.98. The third-order valence-electron chi connectivity index (χ3n) is 5.87. The van der Waals surface area contributed by atoms with Gasteiger partial charge >= 0.3 is 6.09 Å². The highest BCUT2D eigenvalue weighted by molar-refractivity contribution is 6.30. The van der Waals surface area contributed by atoms with Crippen LogP contribution in [-0.2, 0) is 4.74 Å². The maximum atomic E-state index is 12.2. The number of hydrogen-bond acceptors (Lipinski definition) is 5. The number of rotatable bonds is 7. The fraction of sp³-hybridized carbons (Fsp3) is 0.280. The van der Waals surface area contributed by atoms with Crippen molar-refractivity contribution in [2.45, 2.75) is 31.5 Å². The minimum absolute atomic E-state index is 0.0174. The SMILES string of the molecule is Cc1ccnc(Cl)c1C(O)C(O)CCNC(=O)OCC1c2ccccc2-c2ccccc21. The number of aromatic nitrogens is 1. The molecule has 1 heterocycles. The topological polar surface area (TPSA) is 91.7 Å². The number of halogens is 1. The fourth-order valence-corrected chi connectivity index (χ4v) is 4.53. The summed E-state index contributed by atoms with van der Waals surface area (Å²) >= 11 is 6.06. The fourth-order valence-electron chi connectivity index (χ4n) is 4.21. The molecule has 3 aromatic rings. The molecule has 4 rings (SSSR count). The Bertz CT molecular complexity index is 1050. The number of carbonyl (C=O) groups is 1. The van der Waals surface area contributed by atoms with Gasteiger partial charge in [0.05, 0.1) is 6.10 Å². The van der Waals surface area contributed by atoms with E-state index < -0.39 is 18.3 Å². The zero-order valence-corrected chi connectivity index (χ0v) is 18.4.